The van der Waals surface area contributed by atoms with Gasteiger partial charge in [-0.15, -0.1) is 0 Å². The van der Waals surface area contributed by atoms with Gasteiger partial charge in [-0.2, -0.15) is 0 Å². The Hall–Kier alpha value is -1.23. The molecule has 1 aliphatic carbocycles. The van der Waals surface area contributed by atoms with E-state index in [-0.39, 0.29) is 0 Å². The number of hydrogen-bond donors (Lipinski definition) is 1. The Morgan fingerprint density at radius 2 is 1.84 bits per heavy atom. The summed E-state index contributed by atoms with van der Waals surface area (Å²) in [5.74, 6) is 2.69. The molecule has 4 nitrogen and oxygen atoms in total. The van der Waals surface area contributed by atoms with E-state index >= 15 is 0 Å². The highest BCUT2D eigenvalue weighted by atomic mass is 35.5. The lowest BCUT2D eigenvalue weighted by Crippen LogP contribution is -2.28. The van der Waals surface area contributed by atoms with Crippen molar-refractivity contribution >= 4 is 52.1 Å². The van der Waals surface area contributed by atoms with Crippen molar-refractivity contribution in [2.24, 2.45) is 5.92 Å². The van der Waals surface area contributed by atoms with Crippen molar-refractivity contribution in [2.75, 3.05) is 23.3 Å². The fraction of sp³-hybridized carbons (Fsp3) is 0.444. The quantitative estimate of drug-likeness (QED) is 0.609. The summed E-state index contributed by atoms with van der Waals surface area (Å²) < 4.78 is 0. The van der Waals surface area contributed by atoms with Gasteiger partial charge in [0.1, 0.15) is 10.8 Å². The van der Waals surface area contributed by atoms with Gasteiger partial charge < -0.3 is 10.2 Å². The fourth-order valence-corrected chi connectivity index (χ4v) is 3.48. The van der Waals surface area contributed by atoms with Crippen LogP contribution < -0.4 is 10.2 Å². The van der Waals surface area contributed by atoms with Crippen molar-refractivity contribution in [3.63, 3.8) is 0 Å². The standard InChI is InChI=1S/C18H21Cl3N4/c1-3-9-25(10-12-7-8-12)18-15(21)17(22-11(2)23-18)24-16-13(19)5-4-6-14(16)20/h4-6,12H,3,7-10H2,1-2H3,(H,22,23,24). The molecule has 0 aliphatic heterocycles. The number of aryl methyl sites for hydroxylation is 1. The molecule has 0 spiro atoms. The van der Waals surface area contributed by atoms with Gasteiger partial charge in [-0.05, 0) is 44.2 Å². The number of anilines is 3. The molecule has 1 saturated carbocycles. The number of nitrogens with one attached hydrogen (secondary N) is 1. The van der Waals surface area contributed by atoms with Gasteiger partial charge in [-0.3, -0.25) is 0 Å². The SMILES string of the molecule is CCCN(CC1CC1)c1nc(C)nc(Nc2c(Cl)cccc2Cl)c1Cl. The van der Waals surface area contributed by atoms with Gasteiger partial charge in [0.2, 0.25) is 0 Å². The summed E-state index contributed by atoms with van der Waals surface area (Å²) in [6.07, 6.45) is 3.59. The van der Waals surface area contributed by atoms with Crippen LogP contribution in [0.3, 0.4) is 0 Å². The Bertz CT molecular complexity index is 742. The van der Waals surface area contributed by atoms with Crippen LogP contribution in [0.15, 0.2) is 18.2 Å². The largest absolute Gasteiger partial charge is 0.355 e. The predicted molar refractivity (Wildman–Crippen MR) is 107 cm³/mol. The maximum atomic E-state index is 6.65. The zero-order chi connectivity index (χ0) is 18.0. The van der Waals surface area contributed by atoms with E-state index in [0.29, 0.717) is 32.4 Å². The number of halogens is 3. The van der Waals surface area contributed by atoms with Gasteiger partial charge in [0, 0.05) is 13.1 Å². The molecule has 1 aromatic heterocycles. The van der Waals surface area contributed by atoms with E-state index in [1.165, 1.54) is 12.8 Å². The molecule has 1 heterocycles. The Kier molecular flexibility index (Phi) is 5.92. The highest BCUT2D eigenvalue weighted by Gasteiger charge is 2.27. The molecule has 0 amide bonds. The number of para-hydroxylation sites is 1. The molecule has 0 unspecified atom stereocenters. The second kappa shape index (κ2) is 7.98. The number of hydrogen-bond acceptors (Lipinski definition) is 4. The van der Waals surface area contributed by atoms with E-state index in [0.717, 1.165) is 31.2 Å². The lowest BCUT2D eigenvalue weighted by molar-refractivity contribution is 0.696. The second-order valence-electron chi connectivity index (χ2n) is 6.37. The summed E-state index contributed by atoms with van der Waals surface area (Å²) in [5.41, 5.74) is 0.598. The average Bonchev–Trinajstić information content (AvgIpc) is 3.37. The maximum Gasteiger partial charge on any atom is 0.155 e. The van der Waals surface area contributed by atoms with E-state index in [9.17, 15) is 0 Å². The van der Waals surface area contributed by atoms with Gasteiger partial charge in [-0.1, -0.05) is 47.8 Å². The first-order valence-corrected chi connectivity index (χ1v) is 9.63. The van der Waals surface area contributed by atoms with Crippen molar-refractivity contribution < 1.29 is 0 Å². The monoisotopic (exact) mass is 398 g/mol. The second-order valence-corrected chi connectivity index (χ2v) is 7.56. The van der Waals surface area contributed by atoms with Crippen molar-refractivity contribution in [1.82, 2.24) is 9.97 Å². The Morgan fingerprint density at radius 3 is 2.44 bits per heavy atom. The molecular weight excluding hydrogens is 379 g/mol. The highest BCUT2D eigenvalue weighted by Crippen LogP contribution is 2.38. The zero-order valence-corrected chi connectivity index (χ0v) is 16.6. The van der Waals surface area contributed by atoms with E-state index in [4.69, 9.17) is 34.8 Å². The molecule has 0 atom stereocenters. The number of nitrogens with zero attached hydrogens (tertiary/aromatic N) is 3. The summed E-state index contributed by atoms with van der Waals surface area (Å²) in [5, 5.41) is 4.71. The molecule has 134 valence electrons. The molecule has 0 saturated heterocycles. The van der Waals surface area contributed by atoms with Crippen LogP contribution in [-0.2, 0) is 0 Å². The van der Waals surface area contributed by atoms with Gasteiger partial charge >= 0.3 is 0 Å². The third-order valence-corrected chi connectivity index (χ3v) is 5.10. The zero-order valence-electron chi connectivity index (χ0n) is 14.3. The molecule has 25 heavy (non-hydrogen) atoms. The van der Waals surface area contributed by atoms with Gasteiger partial charge in [0.15, 0.2) is 11.6 Å². The smallest absolute Gasteiger partial charge is 0.155 e. The van der Waals surface area contributed by atoms with Crippen LogP contribution in [0.25, 0.3) is 0 Å². The van der Waals surface area contributed by atoms with Crippen LogP contribution in [0.1, 0.15) is 32.0 Å². The van der Waals surface area contributed by atoms with Crippen molar-refractivity contribution in [3.05, 3.63) is 39.1 Å². The first kappa shape index (κ1) is 18.6. The summed E-state index contributed by atoms with van der Waals surface area (Å²) in [6.45, 7) is 5.92. The van der Waals surface area contributed by atoms with E-state index < -0.39 is 0 Å². The predicted octanol–water partition coefficient (Wildman–Crippen LogP) is 6.12. The minimum absolute atomic E-state index is 0.496. The molecule has 1 aliphatic rings. The first-order chi connectivity index (χ1) is 12.0. The van der Waals surface area contributed by atoms with Crippen molar-refractivity contribution in [2.45, 2.75) is 33.1 Å². The van der Waals surface area contributed by atoms with Crippen LogP contribution in [-0.4, -0.2) is 23.1 Å². The summed E-state index contributed by atoms with van der Waals surface area (Å²) in [6, 6.07) is 5.34. The molecule has 1 N–H and O–H groups in total. The first-order valence-electron chi connectivity index (χ1n) is 8.49. The summed E-state index contributed by atoms with van der Waals surface area (Å²) in [4.78, 5) is 11.3. The molecular formula is C18H21Cl3N4. The Balaban J connectivity index is 1.96. The van der Waals surface area contributed by atoms with Crippen molar-refractivity contribution in [1.29, 1.82) is 0 Å². The van der Waals surface area contributed by atoms with Crippen LogP contribution in [0, 0.1) is 12.8 Å². The number of aromatic nitrogens is 2. The minimum Gasteiger partial charge on any atom is -0.355 e. The summed E-state index contributed by atoms with van der Waals surface area (Å²) >= 11 is 19.2. The van der Waals surface area contributed by atoms with Gasteiger partial charge in [0.25, 0.3) is 0 Å². The topological polar surface area (TPSA) is 41.1 Å². The lowest BCUT2D eigenvalue weighted by Gasteiger charge is -2.25. The minimum atomic E-state index is 0.496. The molecule has 0 radical (unpaired) electrons. The van der Waals surface area contributed by atoms with Gasteiger partial charge in [-0.25, -0.2) is 9.97 Å². The van der Waals surface area contributed by atoms with Crippen LogP contribution in [0.5, 0.6) is 0 Å². The molecule has 1 aromatic carbocycles. The van der Waals surface area contributed by atoms with Crippen LogP contribution in [0.4, 0.5) is 17.3 Å². The van der Waals surface area contributed by atoms with Crippen LogP contribution in [0.2, 0.25) is 15.1 Å². The normalized spacial score (nSPS) is 13.8. The molecule has 0 bridgehead atoms. The number of rotatable bonds is 7. The van der Waals surface area contributed by atoms with E-state index in [1.807, 2.05) is 6.92 Å². The maximum absolute atomic E-state index is 6.65. The molecule has 3 rings (SSSR count). The van der Waals surface area contributed by atoms with Gasteiger partial charge in [0.05, 0.1) is 15.7 Å². The number of benzene rings is 1. The molecule has 7 heteroatoms. The van der Waals surface area contributed by atoms with E-state index in [1.54, 1.807) is 18.2 Å². The fourth-order valence-electron chi connectivity index (χ4n) is 2.74. The molecule has 2 aromatic rings. The highest BCUT2D eigenvalue weighted by molar-refractivity contribution is 6.40. The van der Waals surface area contributed by atoms with Crippen molar-refractivity contribution in [3.8, 4) is 0 Å². The third-order valence-electron chi connectivity index (χ3n) is 4.12. The Morgan fingerprint density at radius 1 is 1.16 bits per heavy atom. The average molecular weight is 400 g/mol. The lowest BCUT2D eigenvalue weighted by atomic mass is 10.3. The Labute approximate surface area is 163 Å². The molecule has 1 fully saturated rings. The van der Waals surface area contributed by atoms with Crippen LogP contribution >= 0.6 is 34.8 Å². The van der Waals surface area contributed by atoms with E-state index in [2.05, 4.69) is 27.1 Å². The summed E-state index contributed by atoms with van der Waals surface area (Å²) in [7, 11) is 0. The third kappa shape index (κ3) is 4.49.